The number of amides is 2. The van der Waals surface area contributed by atoms with Gasteiger partial charge in [0, 0.05) is 37.5 Å². The summed E-state index contributed by atoms with van der Waals surface area (Å²) >= 11 is 0. The Hall–Kier alpha value is -2.58. The largest absolute Gasteiger partial charge is 0.383 e. The molecule has 0 aromatic carbocycles. The average molecular weight is 422 g/mol. The molecule has 1 aromatic heterocycles. The van der Waals surface area contributed by atoms with Gasteiger partial charge in [0.1, 0.15) is 5.82 Å². The van der Waals surface area contributed by atoms with Gasteiger partial charge in [-0.15, -0.1) is 0 Å². The fraction of sp³-hybridized carbons (Fsp3) is 0.714. The SMILES string of the molecule is CCCCn1c(N)c(N(CC)C(=O)C2CCN(C(=O)C(C)(C)C)CC2)c(=O)[nH]c1=O. The molecule has 2 amide bonds. The predicted molar refractivity (Wildman–Crippen MR) is 117 cm³/mol. The van der Waals surface area contributed by atoms with Crippen molar-refractivity contribution in [1.29, 1.82) is 0 Å². The van der Waals surface area contributed by atoms with Crippen LogP contribution < -0.4 is 21.9 Å². The maximum atomic E-state index is 13.2. The van der Waals surface area contributed by atoms with Crippen LogP contribution in [0.15, 0.2) is 9.59 Å². The van der Waals surface area contributed by atoms with Crippen molar-refractivity contribution >= 4 is 23.3 Å². The molecule has 2 heterocycles. The van der Waals surface area contributed by atoms with Gasteiger partial charge in [0.2, 0.25) is 11.8 Å². The lowest BCUT2D eigenvalue weighted by Crippen LogP contribution is -2.48. The number of nitrogens with two attached hydrogens (primary N) is 1. The first-order chi connectivity index (χ1) is 14.0. The van der Waals surface area contributed by atoms with Crippen LogP contribution in [0.25, 0.3) is 0 Å². The number of nitrogens with zero attached hydrogens (tertiary/aromatic N) is 3. The second-order valence-electron chi connectivity index (χ2n) is 8.90. The highest BCUT2D eigenvalue weighted by Crippen LogP contribution is 2.27. The summed E-state index contributed by atoms with van der Waals surface area (Å²) in [5, 5.41) is 0. The van der Waals surface area contributed by atoms with E-state index in [1.165, 1.54) is 9.47 Å². The van der Waals surface area contributed by atoms with Crippen LogP contribution in [0, 0.1) is 11.3 Å². The van der Waals surface area contributed by atoms with Gasteiger partial charge >= 0.3 is 5.69 Å². The molecular formula is C21H35N5O4. The Morgan fingerprint density at radius 2 is 1.77 bits per heavy atom. The van der Waals surface area contributed by atoms with E-state index in [1.54, 1.807) is 11.8 Å². The Bertz CT molecular complexity index is 888. The van der Waals surface area contributed by atoms with E-state index >= 15 is 0 Å². The zero-order valence-corrected chi connectivity index (χ0v) is 18.8. The standard InChI is InChI=1S/C21H35N5O4/c1-6-8-11-26-16(22)15(17(27)23-20(26)30)25(7-2)18(28)14-9-12-24(13-10-14)19(29)21(3,4)5/h14H,6-13,22H2,1-5H3,(H,23,27,30). The summed E-state index contributed by atoms with van der Waals surface area (Å²) < 4.78 is 1.32. The van der Waals surface area contributed by atoms with Crippen LogP contribution in [0.4, 0.5) is 11.5 Å². The number of aromatic nitrogens is 2. The number of H-pyrrole nitrogens is 1. The molecule has 1 saturated heterocycles. The van der Waals surface area contributed by atoms with E-state index in [0.717, 1.165) is 12.8 Å². The van der Waals surface area contributed by atoms with Crippen molar-refractivity contribution in [2.75, 3.05) is 30.3 Å². The first-order valence-electron chi connectivity index (χ1n) is 10.8. The molecule has 0 bridgehead atoms. The molecule has 0 spiro atoms. The number of nitrogens with one attached hydrogen (secondary N) is 1. The minimum absolute atomic E-state index is 0.0211. The van der Waals surface area contributed by atoms with Crippen molar-refractivity contribution in [2.24, 2.45) is 11.3 Å². The first kappa shape index (κ1) is 23.7. The number of piperidine rings is 1. The Kier molecular flexibility index (Phi) is 7.49. The van der Waals surface area contributed by atoms with Gasteiger partial charge < -0.3 is 15.5 Å². The van der Waals surface area contributed by atoms with Crippen molar-refractivity contribution in [1.82, 2.24) is 14.5 Å². The Labute approximate surface area is 177 Å². The monoisotopic (exact) mass is 421 g/mol. The number of hydrogen-bond acceptors (Lipinski definition) is 5. The molecule has 0 atom stereocenters. The minimum atomic E-state index is -0.652. The van der Waals surface area contributed by atoms with Gasteiger partial charge in [-0.05, 0) is 26.2 Å². The number of hydrogen-bond donors (Lipinski definition) is 2. The van der Waals surface area contributed by atoms with Gasteiger partial charge in [-0.25, -0.2) is 4.79 Å². The summed E-state index contributed by atoms with van der Waals surface area (Å²) in [7, 11) is 0. The number of likely N-dealkylation sites (tertiary alicyclic amines) is 1. The van der Waals surface area contributed by atoms with Crippen LogP contribution in [0.2, 0.25) is 0 Å². The van der Waals surface area contributed by atoms with Gasteiger partial charge in [0.25, 0.3) is 5.56 Å². The summed E-state index contributed by atoms with van der Waals surface area (Å²) in [6, 6.07) is 0. The molecular weight excluding hydrogens is 386 g/mol. The molecule has 0 saturated carbocycles. The summed E-state index contributed by atoms with van der Waals surface area (Å²) in [6.45, 7) is 11.1. The molecule has 9 heteroatoms. The molecule has 168 valence electrons. The molecule has 2 rings (SSSR count). The van der Waals surface area contributed by atoms with Crippen LogP contribution in [-0.2, 0) is 16.1 Å². The van der Waals surface area contributed by atoms with E-state index in [-0.39, 0.29) is 35.8 Å². The Morgan fingerprint density at radius 3 is 2.27 bits per heavy atom. The molecule has 1 aliphatic heterocycles. The van der Waals surface area contributed by atoms with E-state index in [9.17, 15) is 19.2 Å². The summed E-state index contributed by atoms with van der Waals surface area (Å²) in [5.41, 5.74) is 4.54. The van der Waals surface area contributed by atoms with Crippen LogP contribution in [-0.4, -0.2) is 45.9 Å². The lowest BCUT2D eigenvalue weighted by atomic mass is 9.90. The van der Waals surface area contributed by atoms with Gasteiger partial charge in [0.05, 0.1) is 0 Å². The van der Waals surface area contributed by atoms with Gasteiger partial charge in [-0.2, -0.15) is 0 Å². The van der Waals surface area contributed by atoms with Crippen molar-refractivity contribution in [3.05, 3.63) is 20.8 Å². The number of nitrogen functional groups attached to an aromatic ring is 1. The van der Waals surface area contributed by atoms with Gasteiger partial charge in [-0.3, -0.25) is 23.9 Å². The number of aromatic amines is 1. The first-order valence-corrected chi connectivity index (χ1v) is 10.8. The zero-order valence-electron chi connectivity index (χ0n) is 18.8. The summed E-state index contributed by atoms with van der Waals surface area (Å²) in [6.07, 6.45) is 2.66. The predicted octanol–water partition coefficient (Wildman–Crippen LogP) is 1.56. The second kappa shape index (κ2) is 9.49. The highest BCUT2D eigenvalue weighted by atomic mass is 16.2. The molecule has 0 aliphatic carbocycles. The van der Waals surface area contributed by atoms with E-state index in [2.05, 4.69) is 4.98 Å². The van der Waals surface area contributed by atoms with Crippen LogP contribution in [0.3, 0.4) is 0 Å². The molecule has 1 aliphatic rings. The van der Waals surface area contributed by atoms with E-state index < -0.39 is 16.7 Å². The van der Waals surface area contributed by atoms with E-state index in [0.29, 0.717) is 32.5 Å². The molecule has 1 aromatic rings. The Balaban J connectivity index is 2.25. The van der Waals surface area contributed by atoms with Crippen molar-refractivity contribution in [3.63, 3.8) is 0 Å². The van der Waals surface area contributed by atoms with Crippen LogP contribution in [0.1, 0.15) is 60.3 Å². The topological polar surface area (TPSA) is 121 Å². The number of unbranched alkanes of at least 4 members (excludes halogenated alkanes) is 1. The number of carbonyl (C=O) groups excluding carboxylic acids is 2. The third-order valence-corrected chi connectivity index (χ3v) is 5.57. The second-order valence-corrected chi connectivity index (χ2v) is 8.90. The summed E-state index contributed by atoms with van der Waals surface area (Å²) in [4.78, 5) is 55.9. The molecule has 9 nitrogen and oxygen atoms in total. The highest BCUT2D eigenvalue weighted by molar-refractivity contribution is 5.97. The quantitative estimate of drug-likeness (QED) is 0.722. The van der Waals surface area contributed by atoms with Crippen molar-refractivity contribution in [3.8, 4) is 0 Å². The third-order valence-electron chi connectivity index (χ3n) is 5.57. The number of carbonyl (C=O) groups is 2. The molecule has 0 radical (unpaired) electrons. The highest BCUT2D eigenvalue weighted by Gasteiger charge is 2.35. The van der Waals surface area contributed by atoms with E-state index in [1.807, 2.05) is 27.7 Å². The molecule has 0 unspecified atom stereocenters. The third kappa shape index (κ3) is 4.94. The molecule has 3 N–H and O–H groups in total. The maximum absolute atomic E-state index is 13.2. The van der Waals surface area contributed by atoms with Crippen LogP contribution in [0.5, 0.6) is 0 Å². The molecule has 1 fully saturated rings. The number of rotatable bonds is 6. The normalized spacial score (nSPS) is 15.3. The van der Waals surface area contributed by atoms with Crippen molar-refractivity contribution in [2.45, 2.75) is 66.8 Å². The lowest BCUT2D eigenvalue weighted by Gasteiger charge is -2.36. The Morgan fingerprint density at radius 1 is 1.17 bits per heavy atom. The fourth-order valence-electron chi connectivity index (χ4n) is 3.82. The number of anilines is 2. The van der Waals surface area contributed by atoms with Gasteiger partial charge in [-0.1, -0.05) is 34.1 Å². The van der Waals surface area contributed by atoms with Crippen LogP contribution >= 0.6 is 0 Å². The fourth-order valence-corrected chi connectivity index (χ4v) is 3.82. The van der Waals surface area contributed by atoms with Crippen molar-refractivity contribution < 1.29 is 9.59 Å². The minimum Gasteiger partial charge on any atom is -0.383 e. The lowest BCUT2D eigenvalue weighted by molar-refractivity contribution is -0.142. The maximum Gasteiger partial charge on any atom is 0.330 e. The van der Waals surface area contributed by atoms with Gasteiger partial charge in [0.15, 0.2) is 5.69 Å². The average Bonchev–Trinajstić information content (AvgIpc) is 2.69. The smallest absolute Gasteiger partial charge is 0.330 e. The zero-order chi connectivity index (χ0) is 22.6. The van der Waals surface area contributed by atoms with E-state index in [4.69, 9.17) is 5.73 Å². The summed E-state index contributed by atoms with van der Waals surface area (Å²) in [5.74, 6) is -0.404. The molecule has 30 heavy (non-hydrogen) atoms.